The van der Waals surface area contributed by atoms with Crippen molar-refractivity contribution in [2.75, 3.05) is 0 Å². The highest BCUT2D eigenvalue weighted by Gasteiger charge is 2.21. The highest BCUT2D eigenvalue weighted by Crippen LogP contribution is 2.43. The first kappa shape index (κ1) is 28.7. The molecule has 0 saturated heterocycles. The second-order valence-corrected chi connectivity index (χ2v) is 13.1. The Balaban J connectivity index is 1.17. The van der Waals surface area contributed by atoms with Crippen LogP contribution in [0.25, 0.3) is 111 Å². The fourth-order valence-electron chi connectivity index (χ4n) is 7.68. The van der Waals surface area contributed by atoms with E-state index in [-0.39, 0.29) is 0 Å². The highest BCUT2D eigenvalue weighted by atomic mass is 16.3. The van der Waals surface area contributed by atoms with Crippen LogP contribution in [-0.4, -0.2) is 15.0 Å². The van der Waals surface area contributed by atoms with Crippen LogP contribution in [0, 0.1) is 0 Å². The minimum atomic E-state index is 0.589. The molecule has 5 heteroatoms. The molecule has 7 aromatic carbocycles. The van der Waals surface area contributed by atoms with Crippen LogP contribution < -0.4 is 0 Å². The number of benzene rings is 7. The lowest BCUT2D eigenvalue weighted by molar-refractivity contribution is 0.669. The molecule has 0 aliphatic rings. The van der Waals surface area contributed by atoms with Gasteiger partial charge in [0.25, 0.3) is 0 Å². The van der Waals surface area contributed by atoms with Crippen molar-refractivity contribution < 1.29 is 8.83 Å². The molecule has 242 valence electrons. The Labute approximate surface area is 297 Å². The first-order valence-corrected chi connectivity index (χ1v) is 17.4. The third kappa shape index (κ3) is 4.39. The number of rotatable bonds is 4. The van der Waals surface area contributed by atoms with Gasteiger partial charge in [0.15, 0.2) is 5.82 Å². The second-order valence-electron chi connectivity index (χ2n) is 13.1. The molecule has 0 atom stereocenters. The number of pyridine rings is 1. The Morgan fingerprint density at radius 1 is 0.365 bits per heavy atom. The summed E-state index contributed by atoms with van der Waals surface area (Å²) in [6.45, 7) is 0. The molecule has 0 fully saturated rings. The Kier molecular flexibility index (Phi) is 6.18. The molecule has 52 heavy (non-hydrogen) atoms. The second kappa shape index (κ2) is 11.2. The van der Waals surface area contributed by atoms with Crippen molar-refractivity contribution in [1.29, 1.82) is 0 Å². The number of hydrogen-bond acceptors (Lipinski definition) is 5. The number of para-hydroxylation sites is 3. The molecule has 0 aliphatic carbocycles. The smallest absolute Gasteiger partial charge is 0.164 e. The van der Waals surface area contributed by atoms with Gasteiger partial charge in [-0.1, -0.05) is 115 Å². The Morgan fingerprint density at radius 2 is 1.04 bits per heavy atom. The van der Waals surface area contributed by atoms with E-state index in [9.17, 15) is 0 Å². The summed E-state index contributed by atoms with van der Waals surface area (Å²) >= 11 is 0. The lowest BCUT2D eigenvalue weighted by atomic mass is 9.96. The zero-order valence-electron chi connectivity index (χ0n) is 27.7. The number of aromatic nitrogens is 3. The maximum absolute atomic E-state index is 6.81. The third-order valence-corrected chi connectivity index (χ3v) is 10.1. The lowest BCUT2D eigenvalue weighted by Crippen LogP contribution is -1.96. The van der Waals surface area contributed by atoms with E-state index in [1.54, 1.807) is 0 Å². The molecule has 4 heterocycles. The minimum absolute atomic E-state index is 0.589. The van der Waals surface area contributed by atoms with Gasteiger partial charge in [0.2, 0.25) is 0 Å². The van der Waals surface area contributed by atoms with E-state index >= 15 is 0 Å². The monoisotopic (exact) mass is 665 g/mol. The molecule has 11 rings (SSSR count). The summed E-state index contributed by atoms with van der Waals surface area (Å²) in [5.41, 5.74) is 10.6. The Hall–Kier alpha value is -7.11. The van der Waals surface area contributed by atoms with Crippen LogP contribution >= 0.6 is 0 Å². The Bertz CT molecular complexity index is 3180. The van der Waals surface area contributed by atoms with Crippen LogP contribution in [0.4, 0.5) is 0 Å². The van der Waals surface area contributed by atoms with Crippen molar-refractivity contribution >= 4 is 65.6 Å². The van der Waals surface area contributed by atoms with Crippen LogP contribution in [-0.2, 0) is 0 Å². The van der Waals surface area contributed by atoms with Crippen LogP contribution in [0.3, 0.4) is 0 Å². The zero-order chi connectivity index (χ0) is 34.2. The van der Waals surface area contributed by atoms with Crippen molar-refractivity contribution in [3.8, 4) is 45.2 Å². The van der Waals surface area contributed by atoms with E-state index < -0.39 is 0 Å². The van der Waals surface area contributed by atoms with Gasteiger partial charge >= 0.3 is 0 Å². The van der Waals surface area contributed by atoms with E-state index in [4.69, 9.17) is 23.8 Å². The molecular formula is C47H27N3O2. The lowest BCUT2D eigenvalue weighted by Gasteiger charge is -2.11. The average Bonchev–Trinajstić information content (AvgIpc) is 3.79. The minimum Gasteiger partial charge on any atom is -0.456 e. The molecule has 0 amide bonds. The number of hydrogen-bond donors (Lipinski definition) is 0. The van der Waals surface area contributed by atoms with Crippen LogP contribution in [0.5, 0.6) is 0 Å². The summed E-state index contributed by atoms with van der Waals surface area (Å²) in [6.07, 6.45) is 0. The largest absolute Gasteiger partial charge is 0.456 e. The van der Waals surface area contributed by atoms with E-state index in [0.29, 0.717) is 5.82 Å². The van der Waals surface area contributed by atoms with Gasteiger partial charge in [-0.25, -0.2) is 15.0 Å². The average molecular weight is 666 g/mol. The molecule has 0 saturated carbocycles. The van der Waals surface area contributed by atoms with Gasteiger partial charge in [-0.2, -0.15) is 0 Å². The van der Waals surface area contributed by atoms with Gasteiger partial charge in [0.1, 0.15) is 22.3 Å². The van der Waals surface area contributed by atoms with E-state index in [1.165, 1.54) is 0 Å². The predicted molar refractivity (Wildman–Crippen MR) is 211 cm³/mol. The molecule has 0 spiro atoms. The highest BCUT2D eigenvalue weighted by molar-refractivity contribution is 6.29. The molecular weight excluding hydrogens is 639 g/mol. The van der Waals surface area contributed by atoms with Crippen molar-refractivity contribution in [1.82, 2.24) is 15.0 Å². The summed E-state index contributed by atoms with van der Waals surface area (Å²) in [6, 6.07) is 56.0. The van der Waals surface area contributed by atoms with Gasteiger partial charge in [0, 0.05) is 54.4 Å². The van der Waals surface area contributed by atoms with E-state index in [1.807, 2.05) is 48.5 Å². The first-order chi connectivity index (χ1) is 25.8. The fraction of sp³-hybridized carbons (Fsp3) is 0. The normalized spacial score (nSPS) is 11.8. The summed E-state index contributed by atoms with van der Waals surface area (Å²) in [5.74, 6) is 0.589. The van der Waals surface area contributed by atoms with Gasteiger partial charge in [-0.3, -0.25) is 0 Å². The van der Waals surface area contributed by atoms with Crippen molar-refractivity contribution in [2.45, 2.75) is 0 Å². The van der Waals surface area contributed by atoms with Gasteiger partial charge in [-0.15, -0.1) is 0 Å². The molecule has 4 aromatic heterocycles. The predicted octanol–water partition coefficient (Wildman–Crippen LogP) is 12.6. The van der Waals surface area contributed by atoms with Crippen molar-refractivity contribution in [3.05, 3.63) is 164 Å². The van der Waals surface area contributed by atoms with Crippen LogP contribution in [0.1, 0.15) is 0 Å². The van der Waals surface area contributed by atoms with Crippen molar-refractivity contribution in [3.63, 3.8) is 0 Å². The molecule has 0 radical (unpaired) electrons. The first-order valence-electron chi connectivity index (χ1n) is 17.4. The van der Waals surface area contributed by atoms with Crippen molar-refractivity contribution in [2.24, 2.45) is 0 Å². The topological polar surface area (TPSA) is 65.0 Å². The maximum Gasteiger partial charge on any atom is 0.164 e. The van der Waals surface area contributed by atoms with Gasteiger partial charge in [0.05, 0.1) is 28.2 Å². The molecule has 0 unspecified atom stereocenters. The maximum atomic E-state index is 6.81. The third-order valence-electron chi connectivity index (χ3n) is 10.1. The molecule has 5 nitrogen and oxygen atoms in total. The van der Waals surface area contributed by atoms with E-state index in [0.717, 1.165) is 105 Å². The quantitative estimate of drug-likeness (QED) is 0.175. The fourth-order valence-corrected chi connectivity index (χ4v) is 7.68. The van der Waals surface area contributed by atoms with Crippen LogP contribution in [0.2, 0.25) is 0 Å². The number of nitrogens with zero attached hydrogens (tertiary/aromatic N) is 3. The molecule has 0 bridgehead atoms. The van der Waals surface area contributed by atoms with Gasteiger partial charge in [-0.05, 0) is 48.5 Å². The number of furan rings is 2. The number of fused-ring (bicyclic) bond motifs is 10. The standard InChI is InChI=1S/C47H27N3O2/c1-3-12-28(13-4-1)38-27-39(30-22-23-32-31-16-8-10-21-40(31)51-42(32)26-30)50-47(49-38)36-19-11-18-35-44-41(52-46(35)36)25-24-34-43(44)33-17-7-9-20-37(33)48-45(34)29-14-5-2-6-15-29/h1-27H. The van der Waals surface area contributed by atoms with E-state index in [2.05, 4.69) is 115 Å². The summed E-state index contributed by atoms with van der Waals surface area (Å²) in [7, 11) is 0. The SMILES string of the molecule is c1ccc(-c2cc(-c3ccc4c(c3)oc3ccccc34)nc(-c3cccc4c3oc3ccc5c(-c6ccccc6)nc6ccccc6c5c34)n2)cc1. The zero-order valence-corrected chi connectivity index (χ0v) is 27.7. The molecule has 11 aromatic rings. The Morgan fingerprint density at radius 3 is 1.88 bits per heavy atom. The molecule has 0 N–H and O–H groups in total. The summed E-state index contributed by atoms with van der Waals surface area (Å²) in [4.78, 5) is 15.6. The molecule has 0 aliphatic heterocycles. The summed E-state index contributed by atoms with van der Waals surface area (Å²) < 4.78 is 13.1. The van der Waals surface area contributed by atoms with Gasteiger partial charge < -0.3 is 8.83 Å². The summed E-state index contributed by atoms with van der Waals surface area (Å²) in [5, 5.41) is 7.52. The van der Waals surface area contributed by atoms with Crippen LogP contribution in [0.15, 0.2) is 173 Å².